The minimum absolute atomic E-state index is 0.0715. The molecule has 10 heteroatoms. The van der Waals surface area contributed by atoms with Crippen LogP contribution in [0, 0.1) is 12.8 Å². The molecule has 1 aromatic carbocycles. The summed E-state index contributed by atoms with van der Waals surface area (Å²) in [6.07, 6.45) is 3.02. The van der Waals surface area contributed by atoms with E-state index in [1.807, 2.05) is 29.7 Å². The van der Waals surface area contributed by atoms with E-state index < -0.39 is 6.04 Å². The van der Waals surface area contributed by atoms with Gasteiger partial charge in [-0.1, -0.05) is 18.2 Å². The van der Waals surface area contributed by atoms with E-state index >= 15 is 0 Å². The maximum absolute atomic E-state index is 13.7. The highest BCUT2D eigenvalue weighted by Crippen LogP contribution is 2.48. The fraction of sp³-hybridized carbons (Fsp3) is 0.292. The maximum Gasteiger partial charge on any atom is 0.248 e. The minimum atomic E-state index is -0.522. The molecular weight excluding hydrogens is 498 g/mol. The highest BCUT2D eigenvalue weighted by molar-refractivity contribution is 9.10. The van der Waals surface area contributed by atoms with Crippen molar-refractivity contribution in [2.24, 2.45) is 5.92 Å². The molecule has 4 heterocycles. The molecule has 1 saturated heterocycles. The lowest BCUT2D eigenvalue weighted by molar-refractivity contribution is -0.138. The van der Waals surface area contributed by atoms with Crippen LogP contribution in [0.5, 0.6) is 0 Å². The zero-order chi connectivity index (χ0) is 23.6. The zero-order valence-electron chi connectivity index (χ0n) is 18.4. The molecule has 3 N–H and O–H groups in total. The third-order valence-corrected chi connectivity index (χ3v) is 7.30. The third kappa shape index (κ3) is 3.32. The number of aryl methyl sites for hydroxylation is 1. The van der Waals surface area contributed by atoms with Crippen molar-refractivity contribution in [3.05, 3.63) is 52.9 Å². The Balaban J connectivity index is 1.33. The molecule has 1 aliphatic heterocycles. The van der Waals surface area contributed by atoms with Gasteiger partial charge in [0.05, 0.1) is 10.9 Å². The monoisotopic (exact) mass is 519 g/mol. The van der Waals surface area contributed by atoms with Gasteiger partial charge in [-0.25, -0.2) is 15.0 Å². The number of nitrogens with two attached hydrogens (primary N) is 1. The Kier molecular flexibility index (Phi) is 4.80. The largest absolute Gasteiger partial charge is 0.383 e. The lowest BCUT2D eigenvalue weighted by Crippen LogP contribution is -2.46. The number of amides is 2. The molecule has 0 bridgehead atoms. The van der Waals surface area contributed by atoms with E-state index in [9.17, 15) is 9.59 Å². The molecule has 3 aromatic heterocycles. The first-order valence-electron chi connectivity index (χ1n) is 11.1. The van der Waals surface area contributed by atoms with Crippen LogP contribution in [0.1, 0.15) is 18.4 Å². The average Bonchev–Trinajstić information content (AvgIpc) is 3.34. The number of hydrogen-bond donors (Lipinski definition) is 2. The Bertz CT molecular complexity index is 1420. The summed E-state index contributed by atoms with van der Waals surface area (Å²) >= 11 is 3.32. The van der Waals surface area contributed by atoms with Crippen molar-refractivity contribution in [1.29, 1.82) is 0 Å². The topological polar surface area (TPSA) is 119 Å². The van der Waals surface area contributed by atoms with Gasteiger partial charge in [-0.05, 0) is 65.4 Å². The van der Waals surface area contributed by atoms with E-state index in [-0.39, 0.29) is 24.4 Å². The number of carbonyl (C=O) groups excluding carboxylic acids is 2. The first kappa shape index (κ1) is 21.0. The summed E-state index contributed by atoms with van der Waals surface area (Å²) in [7, 11) is 0. The summed E-state index contributed by atoms with van der Waals surface area (Å²) < 4.78 is 2.52. The Morgan fingerprint density at radius 2 is 1.97 bits per heavy atom. The first-order chi connectivity index (χ1) is 16.4. The molecule has 0 spiro atoms. The predicted octanol–water partition coefficient (Wildman–Crippen LogP) is 3.26. The standard InChI is InChI=1S/C24H22BrN7O2/c1-12-4-2-5-14-20(12)21-22(26)27-11-28-23(21)31(14)10-19(33)32-15-8-13(15)9-16(32)24(34)30-18-7-3-6-17(25)29-18/h2-7,11,13,15-16H,8-10H2,1H3,(H2,26,27,28)(H,29,30,34). The minimum Gasteiger partial charge on any atom is -0.383 e. The van der Waals surface area contributed by atoms with Gasteiger partial charge in [0, 0.05) is 11.4 Å². The Hall–Kier alpha value is -3.53. The molecule has 2 fully saturated rings. The van der Waals surface area contributed by atoms with E-state index in [1.54, 1.807) is 23.1 Å². The molecule has 6 rings (SSSR count). The number of aromatic nitrogens is 4. The Morgan fingerprint density at radius 1 is 1.15 bits per heavy atom. The number of nitrogens with zero attached hydrogens (tertiary/aromatic N) is 5. The summed E-state index contributed by atoms with van der Waals surface area (Å²) in [5.41, 5.74) is 8.75. The van der Waals surface area contributed by atoms with Crippen LogP contribution in [0.25, 0.3) is 21.9 Å². The number of benzene rings is 1. The highest BCUT2D eigenvalue weighted by Gasteiger charge is 2.56. The van der Waals surface area contributed by atoms with Gasteiger partial charge >= 0.3 is 0 Å². The van der Waals surface area contributed by atoms with Crippen molar-refractivity contribution in [1.82, 2.24) is 24.4 Å². The van der Waals surface area contributed by atoms with E-state index in [4.69, 9.17) is 5.73 Å². The molecule has 9 nitrogen and oxygen atoms in total. The molecule has 1 saturated carbocycles. The molecule has 2 aliphatic rings. The van der Waals surface area contributed by atoms with E-state index in [2.05, 4.69) is 36.2 Å². The van der Waals surface area contributed by atoms with Gasteiger partial charge in [0.2, 0.25) is 11.8 Å². The van der Waals surface area contributed by atoms with Crippen molar-refractivity contribution in [3.63, 3.8) is 0 Å². The van der Waals surface area contributed by atoms with Crippen LogP contribution in [-0.4, -0.2) is 48.3 Å². The molecule has 3 unspecified atom stereocenters. The number of anilines is 2. The number of piperidine rings is 1. The number of rotatable bonds is 4. The number of carbonyl (C=O) groups is 2. The fourth-order valence-corrected chi connectivity index (χ4v) is 5.61. The van der Waals surface area contributed by atoms with Gasteiger partial charge in [-0.3, -0.25) is 9.59 Å². The van der Waals surface area contributed by atoms with Gasteiger partial charge in [0.1, 0.15) is 40.8 Å². The summed E-state index contributed by atoms with van der Waals surface area (Å²) in [6.45, 7) is 2.08. The van der Waals surface area contributed by atoms with Crippen LogP contribution < -0.4 is 11.1 Å². The average molecular weight is 520 g/mol. The fourth-order valence-electron chi connectivity index (χ4n) is 5.26. The molecular formula is C24H22BrN7O2. The van der Waals surface area contributed by atoms with Crippen molar-refractivity contribution in [2.45, 2.75) is 38.4 Å². The van der Waals surface area contributed by atoms with Crippen molar-refractivity contribution in [2.75, 3.05) is 11.1 Å². The second-order valence-electron chi connectivity index (χ2n) is 8.96. The predicted molar refractivity (Wildman–Crippen MR) is 132 cm³/mol. The molecule has 172 valence electrons. The maximum atomic E-state index is 13.7. The third-order valence-electron chi connectivity index (χ3n) is 6.86. The zero-order valence-corrected chi connectivity index (χ0v) is 20.0. The van der Waals surface area contributed by atoms with Crippen LogP contribution in [0.4, 0.5) is 11.6 Å². The van der Waals surface area contributed by atoms with Crippen LogP contribution >= 0.6 is 15.9 Å². The van der Waals surface area contributed by atoms with E-state index in [0.29, 0.717) is 34.2 Å². The highest BCUT2D eigenvalue weighted by atomic mass is 79.9. The summed E-state index contributed by atoms with van der Waals surface area (Å²) in [4.78, 5) is 41.4. The molecule has 0 radical (unpaired) electrons. The molecule has 2 amide bonds. The summed E-state index contributed by atoms with van der Waals surface area (Å²) in [5, 5.41) is 4.57. The van der Waals surface area contributed by atoms with Crippen LogP contribution in [0.3, 0.4) is 0 Å². The van der Waals surface area contributed by atoms with Crippen molar-refractivity contribution >= 4 is 61.3 Å². The van der Waals surface area contributed by atoms with E-state index in [0.717, 1.165) is 28.3 Å². The van der Waals surface area contributed by atoms with Crippen LogP contribution in [-0.2, 0) is 16.1 Å². The second kappa shape index (κ2) is 7.76. The molecule has 3 atom stereocenters. The van der Waals surface area contributed by atoms with Crippen LogP contribution in [0.15, 0.2) is 47.3 Å². The lowest BCUT2D eigenvalue weighted by Gasteiger charge is -2.27. The van der Waals surface area contributed by atoms with Gasteiger partial charge in [0.25, 0.3) is 0 Å². The second-order valence-corrected chi connectivity index (χ2v) is 9.78. The number of halogens is 1. The van der Waals surface area contributed by atoms with Crippen molar-refractivity contribution < 1.29 is 9.59 Å². The number of nitrogen functional groups attached to an aromatic ring is 1. The number of fused-ring (bicyclic) bond motifs is 4. The number of likely N-dealkylation sites (tertiary alicyclic amines) is 1. The quantitative estimate of drug-likeness (QED) is 0.399. The summed E-state index contributed by atoms with van der Waals surface area (Å²) in [6, 6.07) is 10.8. The SMILES string of the molecule is Cc1cccc2c1c1c(N)ncnc1n2CC(=O)N1C(C(=O)Nc2cccc(Br)n2)CC2CC21. The Morgan fingerprint density at radius 3 is 2.79 bits per heavy atom. The molecule has 1 aliphatic carbocycles. The number of pyridine rings is 1. The van der Waals surface area contributed by atoms with Gasteiger partial charge in [-0.2, -0.15) is 0 Å². The summed E-state index contributed by atoms with van der Waals surface area (Å²) in [5.74, 6) is 0.893. The Labute approximate surface area is 203 Å². The lowest BCUT2D eigenvalue weighted by atomic mass is 10.1. The van der Waals surface area contributed by atoms with E-state index in [1.165, 1.54) is 6.33 Å². The number of hydrogen-bond acceptors (Lipinski definition) is 6. The smallest absolute Gasteiger partial charge is 0.248 e. The van der Waals surface area contributed by atoms with Gasteiger partial charge < -0.3 is 20.5 Å². The molecule has 34 heavy (non-hydrogen) atoms. The molecule has 4 aromatic rings. The first-order valence-corrected chi connectivity index (χ1v) is 11.9. The van der Waals surface area contributed by atoms with Gasteiger partial charge in [-0.15, -0.1) is 0 Å². The normalized spacial score (nSPS) is 21.1. The van der Waals surface area contributed by atoms with Crippen molar-refractivity contribution in [3.8, 4) is 0 Å². The van der Waals surface area contributed by atoms with Gasteiger partial charge in [0.15, 0.2) is 0 Å². The van der Waals surface area contributed by atoms with Crippen LogP contribution in [0.2, 0.25) is 0 Å². The number of nitrogens with one attached hydrogen (secondary N) is 1.